The highest BCUT2D eigenvalue weighted by molar-refractivity contribution is 5.87. The van der Waals surface area contributed by atoms with Gasteiger partial charge in [0.2, 0.25) is 6.10 Å². The fourth-order valence-corrected chi connectivity index (χ4v) is 6.88. The van der Waals surface area contributed by atoms with Crippen LogP contribution in [0.5, 0.6) is 11.5 Å². The van der Waals surface area contributed by atoms with Gasteiger partial charge in [-0.3, -0.25) is 9.59 Å². The predicted octanol–water partition coefficient (Wildman–Crippen LogP) is -0.330. The van der Waals surface area contributed by atoms with E-state index in [0.717, 1.165) is 18.1 Å². The molecule has 0 aromatic heterocycles. The smallest absolute Gasteiger partial charge is 0.348 e. The Kier molecular flexibility index (Phi) is 8.07. The monoisotopic (exact) mass is 619 g/mol. The molecule has 0 saturated carbocycles. The number of methoxy groups -OCH3 is 1. The van der Waals surface area contributed by atoms with Crippen molar-refractivity contribution in [1.29, 1.82) is 0 Å². The lowest BCUT2D eigenvalue weighted by molar-refractivity contribution is -0.181. The fraction of sp³-hybridized carbons (Fsp3) is 0.552. The molecule has 15 heteroatoms. The first-order chi connectivity index (χ1) is 20.7. The van der Waals surface area contributed by atoms with Crippen LogP contribution in [-0.4, -0.2) is 112 Å². The number of likely N-dealkylation sites (tertiary alicyclic amines) is 1. The molecule has 1 aromatic carbocycles. The maximum absolute atomic E-state index is 12.9. The van der Waals surface area contributed by atoms with Crippen LogP contribution in [-0.2, 0) is 50.0 Å². The molecule has 1 spiro atoms. The molecule has 1 saturated heterocycles. The standard InChI is InChI=1S/C29H33NO14/c1-13(26(37)43-18(25(35)36)12-20(32)33)41-27(38)15(31)11-21(34)42-17-6-7-29(39)19-10-14-4-5-16(40-3)23-22(14)28(29,24(17)44-23)8-9-30(19)2/h4-6,13,15,18-19,24,31,39H,7-12H2,1-3H3,(H,32,33)(H,35,36)/t13-,15-,18+,19-,24-,28-,29+/m0/s1. The maximum atomic E-state index is 12.9. The third-order valence-electron chi connectivity index (χ3n) is 8.94. The lowest BCUT2D eigenvalue weighted by Crippen LogP contribution is -2.74. The van der Waals surface area contributed by atoms with E-state index in [-0.39, 0.29) is 18.2 Å². The topological polar surface area (TPSA) is 216 Å². The number of benzene rings is 1. The number of nitrogens with zero attached hydrogens (tertiary/aromatic N) is 1. The lowest BCUT2D eigenvalue weighted by Gasteiger charge is -2.61. The summed E-state index contributed by atoms with van der Waals surface area (Å²) < 4.78 is 26.9. The highest BCUT2D eigenvalue weighted by Gasteiger charge is 2.72. The molecule has 1 fully saturated rings. The molecule has 0 unspecified atom stereocenters. The number of esters is 3. The molecule has 0 radical (unpaired) electrons. The van der Waals surface area contributed by atoms with Crippen LogP contribution < -0.4 is 9.47 Å². The van der Waals surface area contributed by atoms with Gasteiger partial charge in [-0.1, -0.05) is 6.07 Å². The number of carboxylic acid groups (broad SMARTS) is 2. The predicted molar refractivity (Wildman–Crippen MR) is 144 cm³/mol. The normalized spacial score (nSPS) is 28.2. The Bertz CT molecular complexity index is 1440. The molecule has 15 nitrogen and oxygen atoms in total. The number of carboxylic acids is 2. The first-order valence-electron chi connectivity index (χ1n) is 14.0. The zero-order chi connectivity index (χ0) is 32.1. The Morgan fingerprint density at radius 1 is 1.11 bits per heavy atom. The van der Waals surface area contributed by atoms with Crippen LogP contribution >= 0.6 is 0 Å². The number of hydrogen-bond donors (Lipinski definition) is 4. The summed E-state index contributed by atoms with van der Waals surface area (Å²) in [4.78, 5) is 61.5. The number of likely N-dealkylation sites (N-methyl/N-ethyl adjacent to an activating group) is 1. The van der Waals surface area contributed by atoms with E-state index >= 15 is 0 Å². The molecule has 0 amide bonds. The van der Waals surface area contributed by atoms with Crippen molar-refractivity contribution in [3.63, 3.8) is 0 Å². The number of piperidine rings is 1. The second kappa shape index (κ2) is 11.4. The quantitative estimate of drug-likeness (QED) is 0.184. The molecule has 1 aromatic rings. The highest BCUT2D eigenvalue weighted by atomic mass is 16.6. The van der Waals surface area contributed by atoms with Crippen LogP contribution in [0.4, 0.5) is 0 Å². The summed E-state index contributed by atoms with van der Waals surface area (Å²) >= 11 is 0. The largest absolute Gasteiger partial charge is 0.493 e. The number of hydrogen-bond acceptors (Lipinski definition) is 13. The Morgan fingerprint density at radius 3 is 2.50 bits per heavy atom. The lowest BCUT2D eigenvalue weighted by atomic mass is 9.50. The van der Waals surface area contributed by atoms with E-state index in [2.05, 4.69) is 9.64 Å². The van der Waals surface area contributed by atoms with Crippen LogP contribution in [0.1, 0.15) is 43.7 Å². The summed E-state index contributed by atoms with van der Waals surface area (Å²) in [6, 6.07) is 3.53. The van der Waals surface area contributed by atoms with Crippen molar-refractivity contribution in [2.75, 3.05) is 20.7 Å². The number of aliphatic hydroxyl groups is 2. The van der Waals surface area contributed by atoms with E-state index in [1.807, 2.05) is 13.1 Å². The Labute approximate surface area is 250 Å². The number of aliphatic carboxylic acids is 2. The van der Waals surface area contributed by atoms with E-state index in [4.69, 9.17) is 29.2 Å². The minimum atomic E-state index is -2.07. The number of aliphatic hydroxyl groups excluding tert-OH is 1. The minimum Gasteiger partial charge on any atom is -0.493 e. The van der Waals surface area contributed by atoms with Crippen molar-refractivity contribution in [1.82, 2.24) is 4.90 Å². The van der Waals surface area contributed by atoms with Gasteiger partial charge in [-0.25, -0.2) is 14.4 Å². The van der Waals surface area contributed by atoms with Crippen molar-refractivity contribution < 1.29 is 68.1 Å². The second-order valence-electron chi connectivity index (χ2n) is 11.4. The summed E-state index contributed by atoms with van der Waals surface area (Å²) in [5.41, 5.74) is -0.342. The zero-order valence-corrected chi connectivity index (χ0v) is 24.2. The number of carbonyl (C=O) groups excluding carboxylic acids is 3. The number of carbonyl (C=O) groups is 5. The highest BCUT2D eigenvalue weighted by Crippen LogP contribution is 2.65. The van der Waals surface area contributed by atoms with Crippen molar-refractivity contribution >= 4 is 29.8 Å². The fourth-order valence-electron chi connectivity index (χ4n) is 6.88. The van der Waals surface area contributed by atoms with E-state index in [0.29, 0.717) is 30.9 Å². The minimum absolute atomic E-state index is 0.115. The van der Waals surface area contributed by atoms with Crippen molar-refractivity contribution in [3.8, 4) is 11.5 Å². The van der Waals surface area contributed by atoms with Gasteiger partial charge in [-0.2, -0.15) is 0 Å². The maximum Gasteiger partial charge on any atom is 0.348 e. The van der Waals surface area contributed by atoms with Crippen LogP contribution in [0.3, 0.4) is 0 Å². The SMILES string of the molecule is COc1ccc2c3c1O[C@H]1C(OC(=O)C[C@H](O)C(=O)O[C@@H](C)C(=O)O[C@H](CC(=O)O)C(=O)O)=CC[C@@]4(O)[C@H](C2)N(C)CC[C@]314. The van der Waals surface area contributed by atoms with Gasteiger partial charge in [0.15, 0.2) is 29.8 Å². The summed E-state index contributed by atoms with van der Waals surface area (Å²) in [5, 5.41) is 40.3. The van der Waals surface area contributed by atoms with Gasteiger partial charge < -0.3 is 49.0 Å². The van der Waals surface area contributed by atoms with Crippen LogP contribution in [0.25, 0.3) is 0 Å². The molecule has 238 valence electrons. The molecule has 2 heterocycles. The van der Waals surface area contributed by atoms with Gasteiger partial charge in [-0.15, -0.1) is 0 Å². The van der Waals surface area contributed by atoms with E-state index in [1.54, 1.807) is 12.1 Å². The zero-order valence-electron chi connectivity index (χ0n) is 24.2. The van der Waals surface area contributed by atoms with E-state index in [9.17, 15) is 34.2 Å². The molecule has 2 aliphatic carbocycles. The molecular formula is C29H33NO14. The Morgan fingerprint density at radius 2 is 1.84 bits per heavy atom. The van der Waals surface area contributed by atoms with E-state index < -0.39 is 78.1 Å². The molecule has 2 bridgehead atoms. The van der Waals surface area contributed by atoms with Gasteiger partial charge in [0, 0.05) is 18.0 Å². The van der Waals surface area contributed by atoms with E-state index in [1.165, 1.54) is 7.11 Å². The molecule has 7 atom stereocenters. The molecule has 4 N–H and O–H groups in total. The number of ether oxygens (including phenoxy) is 5. The molecular weight excluding hydrogens is 586 g/mol. The van der Waals surface area contributed by atoms with Gasteiger partial charge in [-0.05, 0) is 51.1 Å². The van der Waals surface area contributed by atoms with Gasteiger partial charge in [0.05, 0.1) is 31.0 Å². The molecule has 5 rings (SSSR count). The summed E-state index contributed by atoms with van der Waals surface area (Å²) in [7, 11) is 3.46. The van der Waals surface area contributed by atoms with Gasteiger partial charge in [0.1, 0.15) is 5.76 Å². The Balaban J connectivity index is 1.27. The summed E-state index contributed by atoms with van der Waals surface area (Å²) in [5.74, 6) is -5.97. The van der Waals surface area contributed by atoms with Gasteiger partial charge in [0.25, 0.3) is 0 Å². The third-order valence-corrected chi connectivity index (χ3v) is 8.94. The van der Waals surface area contributed by atoms with Crippen LogP contribution in [0.2, 0.25) is 0 Å². The second-order valence-corrected chi connectivity index (χ2v) is 11.4. The molecule has 4 aliphatic rings. The molecule has 2 aliphatic heterocycles. The average Bonchev–Trinajstić information content (AvgIpc) is 3.31. The summed E-state index contributed by atoms with van der Waals surface area (Å²) in [6.45, 7) is 1.67. The Hall–Kier alpha value is -4.21. The summed E-state index contributed by atoms with van der Waals surface area (Å²) in [6.07, 6.45) is -5.76. The van der Waals surface area contributed by atoms with Crippen LogP contribution in [0, 0.1) is 0 Å². The van der Waals surface area contributed by atoms with Crippen LogP contribution in [0.15, 0.2) is 24.0 Å². The van der Waals surface area contributed by atoms with Crippen molar-refractivity contribution in [3.05, 3.63) is 35.1 Å². The number of rotatable bonds is 11. The molecule has 44 heavy (non-hydrogen) atoms. The van der Waals surface area contributed by atoms with Crippen molar-refractivity contribution in [2.45, 2.75) is 80.5 Å². The first-order valence-corrected chi connectivity index (χ1v) is 14.0. The van der Waals surface area contributed by atoms with Crippen molar-refractivity contribution in [2.24, 2.45) is 0 Å². The third kappa shape index (κ3) is 4.94. The first kappa shape index (κ1) is 31.2. The van der Waals surface area contributed by atoms with Gasteiger partial charge >= 0.3 is 29.8 Å². The average molecular weight is 620 g/mol.